The van der Waals surface area contributed by atoms with E-state index in [0.717, 1.165) is 54.8 Å². The van der Waals surface area contributed by atoms with Gasteiger partial charge in [-0.05, 0) is 65.3 Å². The first-order valence-corrected chi connectivity index (χ1v) is 12.6. The number of hydrogen-bond donors (Lipinski definition) is 1. The zero-order chi connectivity index (χ0) is 23.4. The lowest BCUT2D eigenvalue weighted by Crippen LogP contribution is -2.64. The average molecular weight is 454 g/mol. The predicted molar refractivity (Wildman–Crippen MR) is 131 cm³/mol. The quantitative estimate of drug-likeness (QED) is 0.662. The number of esters is 1. The standard InChI is InChI=1S/C27H39N3O3/c1-18-23(25(31)32-17-26(2,3)16-29(4)5)24-20-15-19-9-8-14-30-13-7-6-12-27(19,30)33-22(20)11-10-21(24)28-18/h10-11,19,28H,6-9,12-17H2,1-5H3. The van der Waals surface area contributed by atoms with Crippen molar-refractivity contribution in [2.75, 3.05) is 40.3 Å². The Kier molecular flexibility index (Phi) is 5.73. The zero-order valence-electron chi connectivity index (χ0n) is 20.9. The summed E-state index contributed by atoms with van der Waals surface area (Å²) in [5, 5.41) is 1.00. The molecule has 2 saturated heterocycles. The molecule has 0 bridgehead atoms. The molecule has 0 radical (unpaired) electrons. The van der Waals surface area contributed by atoms with E-state index in [-0.39, 0.29) is 17.1 Å². The summed E-state index contributed by atoms with van der Waals surface area (Å²) in [6, 6.07) is 4.18. The van der Waals surface area contributed by atoms with Gasteiger partial charge in [-0.15, -0.1) is 0 Å². The van der Waals surface area contributed by atoms with Crippen LogP contribution in [0, 0.1) is 18.3 Å². The first-order valence-electron chi connectivity index (χ1n) is 12.6. The summed E-state index contributed by atoms with van der Waals surface area (Å²) in [4.78, 5) is 21.5. The van der Waals surface area contributed by atoms with Gasteiger partial charge >= 0.3 is 5.97 Å². The summed E-state index contributed by atoms with van der Waals surface area (Å²) >= 11 is 0. The van der Waals surface area contributed by atoms with Crippen molar-refractivity contribution in [1.29, 1.82) is 0 Å². The number of piperidine rings is 2. The Labute approximate surface area is 197 Å². The summed E-state index contributed by atoms with van der Waals surface area (Å²) in [6.07, 6.45) is 6.98. The minimum absolute atomic E-state index is 0.110. The molecule has 0 amide bonds. The average Bonchev–Trinajstić information content (AvgIpc) is 3.10. The molecule has 180 valence electrons. The number of nitrogens with one attached hydrogen (secondary N) is 1. The van der Waals surface area contributed by atoms with Crippen LogP contribution in [0.4, 0.5) is 0 Å². The number of hydrogen-bond acceptors (Lipinski definition) is 5. The number of ether oxygens (including phenoxy) is 2. The fraction of sp³-hybridized carbons (Fsp3) is 0.667. The number of carbonyl (C=O) groups excluding carboxylic acids is 1. The molecule has 3 aliphatic rings. The number of rotatable bonds is 5. The Morgan fingerprint density at radius 1 is 1.27 bits per heavy atom. The monoisotopic (exact) mass is 453 g/mol. The maximum absolute atomic E-state index is 13.4. The van der Waals surface area contributed by atoms with Crippen LogP contribution in [0.5, 0.6) is 5.75 Å². The van der Waals surface area contributed by atoms with E-state index in [1.54, 1.807) is 0 Å². The molecule has 1 N–H and O–H groups in total. The number of aromatic nitrogens is 1. The van der Waals surface area contributed by atoms with Gasteiger partial charge in [0, 0.05) is 59.5 Å². The van der Waals surface area contributed by atoms with Crippen molar-refractivity contribution in [2.45, 2.75) is 65.0 Å². The highest BCUT2D eigenvalue weighted by atomic mass is 16.5. The molecular formula is C27H39N3O3. The van der Waals surface area contributed by atoms with Gasteiger partial charge in [-0.1, -0.05) is 13.8 Å². The third kappa shape index (κ3) is 3.95. The Hall–Kier alpha value is -2.05. The molecule has 6 heteroatoms. The van der Waals surface area contributed by atoms with Gasteiger partial charge in [0.15, 0.2) is 5.72 Å². The lowest BCUT2D eigenvalue weighted by atomic mass is 9.74. The second-order valence-corrected chi connectivity index (χ2v) is 11.5. The van der Waals surface area contributed by atoms with Crippen LogP contribution >= 0.6 is 0 Å². The van der Waals surface area contributed by atoms with Crippen molar-refractivity contribution in [3.05, 3.63) is 29.0 Å². The van der Waals surface area contributed by atoms with E-state index in [1.807, 2.05) is 21.0 Å². The summed E-state index contributed by atoms with van der Waals surface area (Å²) < 4.78 is 12.8. The molecular weight excluding hydrogens is 414 g/mol. The molecule has 0 saturated carbocycles. The molecule has 4 heterocycles. The van der Waals surface area contributed by atoms with Gasteiger partial charge in [-0.2, -0.15) is 0 Å². The highest BCUT2D eigenvalue weighted by Crippen LogP contribution is 2.50. The number of carbonyl (C=O) groups is 1. The number of nitrogens with zero attached hydrogens (tertiary/aromatic N) is 2. The summed E-state index contributed by atoms with van der Waals surface area (Å²) in [5.41, 5.74) is 3.47. The van der Waals surface area contributed by atoms with E-state index in [1.165, 1.54) is 31.2 Å². The number of aryl methyl sites for hydroxylation is 1. The van der Waals surface area contributed by atoms with Crippen molar-refractivity contribution in [1.82, 2.24) is 14.8 Å². The Balaban J connectivity index is 1.49. The summed E-state index contributed by atoms with van der Waals surface area (Å²) in [6.45, 7) is 9.77. The topological polar surface area (TPSA) is 57.8 Å². The van der Waals surface area contributed by atoms with E-state index in [9.17, 15) is 4.79 Å². The van der Waals surface area contributed by atoms with Gasteiger partial charge in [0.2, 0.25) is 0 Å². The van der Waals surface area contributed by atoms with Crippen molar-refractivity contribution in [3.63, 3.8) is 0 Å². The van der Waals surface area contributed by atoms with Crippen molar-refractivity contribution < 1.29 is 14.3 Å². The lowest BCUT2D eigenvalue weighted by molar-refractivity contribution is -0.177. The predicted octanol–water partition coefficient (Wildman–Crippen LogP) is 4.75. The Bertz CT molecular complexity index is 1050. The van der Waals surface area contributed by atoms with Gasteiger partial charge in [0.05, 0.1) is 12.2 Å². The second-order valence-electron chi connectivity index (χ2n) is 11.5. The van der Waals surface area contributed by atoms with E-state index < -0.39 is 0 Å². The highest BCUT2D eigenvalue weighted by molar-refractivity contribution is 6.07. The molecule has 1 aromatic carbocycles. The second kappa shape index (κ2) is 8.31. The van der Waals surface area contributed by atoms with Crippen LogP contribution in [0.3, 0.4) is 0 Å². The van der Waals surface area contributed by atoms with Crippen LogP contribution in [0.1, 0.15) is 67.6 Å². The van der Waals surface area contributed by atoms with E-state index in [4.69, 9.17) is 9.47 Å². The fourth-order valence-corrected chi connectivity index (χ4v) is 6.70. The molecule has 6 nitrogen and oxygen atoms in total. The molecule has 2 fully saturated rings. The minimum Gasteiger partial charge on any atom is -0.472 e. The van der Waals surface area contributed by atoms with Gasteiger partial charge in [0.1, 0.15) is 5.75 Å². The SMILES string of the molecule is Cc1[nH]c2ccc3c(c2c1C(=O)OCC(C)(C)CN(C)C)CC1CCCN2CCCCC12O3. The minimum atomic E-state index is -0.234. The molecule has 3 aliphatic heterocycles. The first-order chi connectivity index (χ1) is 15.7. The van der Waals surface area contributed by atoms with Gasteiger partial charge in [-0.3, -0.25) is 4.90 Å². The molecule has 1 spiro atoms. The van der Waals surface area contributed by atoms with Crippen molar-refractivity contribution >= 4 is 16.9 Å². The Morgan fingerprint density at radius 3 is 2.85 bits per heavy atom. The van der Waals surface area contributed by atoms with Crippen LogP contribution in [0.15, 0.2) is 12.1 Å². The molecule has 5 rings (SSSR count). The molecule has 2 aromatic rings. The van der Waals surface area contributed by atoms with Gasteiger partial charge < -0.3 is 19.4 Å². The third-order valence-corrected chi connectivity index (χ3v) is 7.86. The highest BCUT2D eigenvalue weighted by Gasteiger charge is 2.52. The van der Waals surface area contributed by atoms with Gasteiger partial charge in [-0.25, -0.2) is 4.79 Å². The molecule has 2 atom stereocenters. The van der Waals surface area contributed by atoms with Crippen molar-refractivity contribution in [2.24, 2.45) is 11.3 Å². The maximum atomic E-state index is 13.4. The number of H-pyrrole nitrogens is 1. The zero-order valence-corrected chi connectivity index (χ0v) is 20.9. The Morgan fingerprint density at radius 2 is 2.06 bits per heavy atom. The summed E-state index contributed by atoms with van der Waals surface area (Å²) in [7, 11) is 4.09. The summed E-state index contributed by atoms with van der Waals surface area (Å²) in [5.74, 6) is 1.19. The molecule has 33 heavy (non-hydrogen) atoms. The molecule has 1 aromatic heterocycles. The van der Waals surface area contributed by atoms with Gasteiger partial charge in [0.25, 0.3) is 0 Å². The van der Waals surface area contributed by atoms with Crippen LogP contribution in [0.2, 0.25) is 0 Å². The van der Waals surface area contributed by atoms with Crippen LogP contribution in [0.25, 0.3) is 10.9 Å². The lowest BCUT2D eigenvalue weighted by Gasteiger charge is -2.56. The van der Waals surface area contributed by atoms with Crippen LogP contribution < -0.4 is 4.74 Å². The first kappa shape index (κ1) is 22.7. The van der Waals surface area contributed by atoms with E-state index in [0.29, 0.717) is 18.1 Å². The normalized spacial score (nSPS) is 25.3. The van der Waals surface area contributed by atoms with E-state index in [2.05, 4.69) is 40.8 Å². The molecule has 0 aliphatic carbocycles. The third-order valence-electron chi connectivity index (χ3n) is 7.86. The fourth-order valence-electron chi connectivity index (χ4n) is 6.70. The van der Waals surface area contributed by atoms with Crippen LogP contribution in [-0.4, -0.2) is 66.8 Å². The number of benzene rings is 1. The molecule has 2 unspecified atom stereocenters. The largest absolute Gasteiger partial charge is 0.472 e. The smallest absolute Gasteiger partial charge is 0.340 e. The maximum Gasteiger partial charge on any atom is 0.340 e. The van der Waals surface area contributed by atoms with E-state index >= 15 is 0 Å². The van der Waals surface area contributed by atoms with Crippen molar-refractivity contribution in [3.8, 4) is 5.75 Å². The number of fused-ring (bicyclic) bond motifs is 3. The number of aromatic amines is 1. The van der Waals surface area contributed by atoms with Crippen LogP contribution in [-0.2, 0) is 11.2 Å².